The van der Waals surface area contributed by atoms with Gasteiger partial charge >= 0.3 is 5.97 Å². The second-order valence-electron chi connectivity index (χ2n) is 3.64. The molecule has 0 aliphatic heterocycles. The third-order valence-corrected chi connectivity index (χ3v) is 3.61. The topological polar surface area (TPSA) is 39.2 Å². The van der Waals surface area contributed by atoms with Crippen LogP contribution < -0.4 is 0 Å². The van der Waals surface area contributed by atoms with E-state index in [0.717, 1.165) is 0 Å². The molecule has 0 saturated heterocycles. The van der Waals surface area contributed by atoms with E-state index < -0.39 is 5.97 Å². The van der Waals surface area contributed by atoms with Crippen molar-refractivity contribution in [2.24, 2.45) is 0 Å². The molecule has 0 unspecified atom stereocenters. The SMILES string of the molecule is COC(=O)c1cc(-c2cccc(Cl)c2Cl)ncc1Cl. The maximum absolute atomic E-state index is 11.6. The molecule has 0 saturated carbocycles. The van der Waals surface area contributed by atoms with E-state index in [-0.39, 0.29) is 10.6 Å². The lowest BCUT2D eigenvalue weighted by molar-refractivity contribution is 0.0601. The lowest BCUT2D eigenvalue weighted by atomic mass is 10.1. The molecule has 1 aromatic carbocycles. The second kappa shape index (κ2) is 5.78. The van der Waals surface area contributed by atoms with E-state index in [1.165, 1.54) is 19.4 Å². The van der Waals surface area contributed by atoms with Crippen LogP contribution in [0.4, 0.5) is 0 Å². The third kappa shape index (κ3) is 2.84. The number of pyridine rings is 1. The highest BCUT2D eigenvalue weighted by Gasteiger charge is 2.15. The van der Waals surface area contributed by atoms with Gasteiger partial charge in [0, 0.05) is 11.8 Å². The molecule has 1 heterocycles. The summed E-state index contributed by atoms with van der Waals surface area (Å²) < 4.78 is 4.65. The quantitative estimate of drug-likeness (QED) is 0.766. The summed E-state index contributed by atoms with van der Waals surface area (Å²) in [5, 5.41) is 0.999. The van der Waals surface area contributed by atoms with E-state index in [0.29, 0.717) is 21.3 Å². The summed E-state index contributed by atoms with van der Waals surface area (Å²) in [4.78, 5) is 15.7. The van der Waals surface area contributed by atoms with E-state index in [4.69, 9.17) is 34.8 Å². The highest BCUT2D eigenvalue weighted by molar-refractivity contribution is 6.43. The molecular formula is C13H8Cl3NO2. The predicted molar refractivity (Wildman–Crippen MR) is 76.0 cm³/mol. The Morgan fingerprint density at radius 1 is 1.21 bits per heavy atom. The van der Waals surface area contributed by atoms with Gasteiger partial charge in [0.15, 0.2) is 0 Å². The van der Waals surface area contributed by atoms with Crippen molar-refractivity contribution in [3.63, 3.8) is 0 Å². The Kier molecular flexibility index (Phi) is 4.30. The Hall–Kier alpha value is -1.29. The molecule has 19 heavy (non-hydrogen) atoms. The van der Waals surface area contributed by atoms with Crippen molar-refractivity contribution in [3.05, 3.63) is 51.1 Å². The number of hydrogen-bond acceptors (Lipinski definition) is 3. The summed E-state index contributed by atoms with van der Waals surface area (Å²) in [6, 6.07) is 6.69. The minimum Gasteiger partial charge on any atom is -0.465 e. The number of carbonyl (C=O) groups excluding carboxylic acids is 1. The number of ether oxygens (including phenoxy) is 1. The van der Waals surface area contributed by atoms with Crippen molar-refractivity contribution in [2.45, 2.75) is 0 Å². The van der Waals surface area contributed by atoms with Crippen LogP contribution in [0.2, 0.25) is 15.1 Å². The van der Waals surface area contributed by atoms with Crippen molar-refractivity contribution in [1.29, 1.82) is 0 Å². The van der Waals surface area contributed by atoms with Crippen LogP contribution in [0.5, 0.6) is 0 Å². The van der Waals surface area contributed by atoms with Gasteiger partial charge < -0.3 is 4.74 Å². The first-order valence-electron chi connectivity index (χ1n) is 5.23. The van der Waals surface area contributed by atoms with Crippen LogP contribution >= 0.6 is 34.8 Å². The fraction of sp³-hybridized carbons (Fsp3) is 0.0769. The van der Waals surface area contributed by atoms with Gasteiger partial charge in [-0.3, -0.25) is 4.98 Å². The molecule has 0 aliphatic carbocycles. The number of hydrogen-bond donors (Lipinski definition) is 0. The zero-order valence-electron chi connectivity index (χ0n) is 9.78. The van der Waals surface area contributed by atoms with E-state index in [1.807, 2.05) is 0 Å². The van der Waals surface area contributed by atoms with Crippen molar-refractivity contribution in [2.75, 3.05) is 7.11 Å². The largest absolute Gasteiger partial charge is 0.465 e. The molecule has 98 valence electrons. The minimum absolute atomic E-state index is 0.216. The molecule has 0 aliphatic rings. The third-order valence-electron chi connectivity index (χ3n) is 2.49. The summed E-state index contributed by atoms with van der Waals surface area (Å²) in [6.07, 6.45) is 1.38. The van der Waals surface area contributed by atoms with E-state index in [1.54, 1.807) is 18.2 Å². The molecule has 0 spiro atoms. The fourth-order valence-corrected chi connectivity index (χ4v) is 2.13. The number of nitrogens with zero attached hydrogens (tertiary/aromatic N) is 1. The summed E-state index contributed by atoms with van der Waals surface area (Å²) in [6.45, 7) is 0. The van der Waals surface area contributed by atoms with Crippen LogP contribution in [0.3, 0.4) is 0 Å². The van der Waals surface area contributed by atoms with Gasteiger partial charge in [-0.05, 0) is 12.1 Å². The smallest absolute Gasteiger partial charge is 0.339 e. The van der Waals surface area contributed by atoms with Crippen molar-refractivity contribution >= 4 is 40.8 Å². The molecular weight excluding hydrogens is 309 g/mol. The predicted octanol–water partition coefficient (Wildman–Crippen LogP) is 4.50. The molecule has 0 bridgehead atoms. The molecule has 2 rings (SSSR count). The number of carbonyl (C=O) groups is 1. The molecule has 0 atom stereocenters. The van der Waals surface area contributed by atoms with Crippen LogP contribution in [0.15, 0.2) is 30.5 Å². The molecule has 0 amide bonds. The van der Waals surface area contributed by atoms with Gasteiger partial charge in [0.1, 0.15) is 0 Å². The van der Waals surface area contributed by atoms with Gasteiger partial charge in [0.05, 0.1) is 33.4 Å². The first kappa shape index (κ1) is 14.1. The van der Waals surface area contributed by atoms with E-state index >= 15 is 0 Å². The summed E-state index contributed by atoms with van der Waals surface area (Å²) in [5.41, 5.74) is 1.35. The summed E-state index contributed by atoms with van der Waals surface area (Å²) >= 11 is 18.0. The minimum atomic E-state index is -0.535. The van der Waals surface area contributed by atoms with Crippen molar-refractivity contribution in [1.82, 2.24) is 4.98 Å². The van der Waals surface area contributed by atoms with Gasteiger partial charge in [-0.1, -0.05) is 46.9 Å². The van der Waals surface area contributed by atoms with Gasteiger partial charge in [-0.25, -0.2) is 4.79 Å². The first-order valence-corrected chi connectivity index (χ1v) is 6.36. The Labute approximate surface area is 125 Å². The van der Waals surface area contributed by atoms with Crippen LogP contribution in [0.1, 0.15) is 10.4 Å². The van der Waals surface area contributed by atoms with Crippen LogP contribution in [0, 0.1) is 0 Å². The average Bonchev–Trinajstić information content (AvgIpc) is 2.42. The number of esters is 1. The number of rotatable bonds is 2. The van der Waals surface area contributed by atoms with E-state index in [2.05, 4.69) is 9.72 Å². The molecule has 2 aromatic rings. The first-order chi connectivity index (χ1) is 9.04. The molecule has 0 radical (unpaired) electrons. The fourth-order valence-electron chi connectivity index (χ4n) is 1.55. The monoisotopic (exact) mass is 315 g/mol. The van der Waals surface area contributed by atoms with Crippen LogP contribution in [0.25, 0.3) is 11.3 Å². The summed E-state index contributed by atoms with van der Waals surface area (Å²) in [5.74, 6) is -0.535. The normalized spacial score (nSPS) is 10.3. The number of halogens is 3. The Morgan fingerprint density at radius 2 is 1.95 bits per heavy atom. The second-order valence-corrected chi connectivity index (χ2v) is 4.83. The Balaban J connectivity index is 2.58. The molecule has 3 nitrogen and oxygen atoms in total. The van der Waals surface area contributed by atoms with Crippen molar-refractivity contribution < 1.29 is 9.53 Å². The average molecular weight is 317 g/mol. The zero-order chi connectivity index (χ0) is 14.0. The maximum Gasteiger partial charge on any atom is 0.339 e. The standard InChI is InChI=1S/C13H8Cl3NO2/c1-19-13(18)8-5-11(17-6-10(8)15)7-3-2-4-9(14)12(7)16/h2-6H,1H3. The summed E-state index contributed by atoms with van der Waals surface area (Å²) in [7, 11) is 1.28. The lowest BCUT2D eigenvalue weighted by Crippen LogP contribution is -2.03. The van der Waals surface area contributed by atoms with Gasteiger partial charge in [0.25, 0.3) is 0 Å². The lowest BCUT2D eigenvalue weighted by Gasteiger charge is -2.08. The maximum atomic E-state index is 11.6. The highest BCUT2D eigenvalue weighted by atomic mass is 35.5. The molecule has 6 heteroatoms. The molecule has 0 N–H and O–H groups in total. The van der Waals surface area contributed by atoms with Gasteiger partial charge in [-0.2, -0.15) is 0 Å². The van der Waals surface area contributed by atoms with Crippen molar-refractivity contribution in [3.8, 4) is 11.3 Å². The van der Waals surface area contributed by atoms with Crippen LogP contribution in [-0.4, -0.2) is 18.1 Å². The molecule has 0 fully saturated rings. The number of benzene rings is 1. The molecule has 1 aromatic heterocycles. The number of aromatic nitrogens is 1. The van der Waals surface area contributed by atoms with Crippen LogP contribution in [-0.2, 0) is 4.74 Å². The van der Waals surface area contributed by atoms with Gasteiger partial charge in [-0.15, -0.1) is 0 Å². The van der Waals surface area contributed by atoms with Gasteiger partial charge in [0.2, 0.25) is 0 Å². The number of methoxy groups -OCH3 is 1. The zero-order valence-corrected chi connectivity index (χ0v) is 12.1. The highest BCUT2D eigenvalue weighted by Crippen LogP contribution is 2.33. The Morgan fingerprint density at radius 3 is 2.63 bits per heavy atom. The van der Waals surface area contributed by atoms with E-state index in [9.17, 15) is 4.79 Å². The Bertz CT molecular complexity index is 644.